The normalized spacial score (nSPS) is 10.4. The molecule has 0 spiro atoms. The first kappa shape index (κ1) is 18.4. The van der Waals surface area contributed by atoms with E-state index in [2.05, 4.69) is 10.6 Å². The Morgan fingerprint density at radius 2 is 1.83 bits per heavy atom. The molecule has 0 aromatic heterocycles. The third kappa shape index (κ3) is 4.79. The summed E-state index contributed by atoms with van der Waals surface area (Å²) in [6.07, 6.45) is 0.326. The van der Waals surface area contributed by atoms with Gasteiger partial charge in [-0.25, -0.2) is 0 Å². The van der Waals surface area contributed by atoms with Gasteiger partial charge in [-0.15, -0.1) is 0 Å². The average Bonchev–Trinajstić information content (AvgIpc) is 2.53. The fourth-order valence-electron chi connectivity index (χ4n) is 2.26. The highest BCUT2D eigenvalue weighted by Crippen LogP contribution is 2.30. The zero-order valence-corrected chi connectivity index (χ0v) is 15.4. The van der Waals surface area contributed by atoms with Crippen LogP contribution >= 0.6 is 23.2 Å². The number of ether oxygens (including phenoxy) is 1. The highest BCUT2D eigenvalue weighted by molar-refractivity contribution is 6.31. The van der Waals surface area contributed by atoms with Crippen LogP contribution in [0.25, 0.3) is 0 Å². The molecule has 0 saturated carbocycles. The Labute approximate surface area is 152 Å². The smallest absolute Gasteiger partial charge is 0.226 e. The van der Waals surface area contributed by atoms with Gasteiger partial charge in [-0.2, -0.15) is 0 Å². The molecule has 24 heavy (non-hydrogen) atoms. The molecular weight excluding hydrogens is 347 g/mol. The summed E-state index contributed by atoms with van der Waals surface area (Å²) in [5.74, 6) is 0.581. The molecule has 0 saturated heterocycles. The zero-order chi connectivity index (χ0) is 17.7. The summed E-state index contributed by atoms with van der Waals surface area (Å²) in [4.78, 5) is 12.1. The van der Waals surface area contributed by atoms with Gasteiger partial charge in [-0.3, -0.25) is 4.79 Å². The van der Waals surface area contributed by atoms with Crippen molar-refractivity contribution in [2.75, 3.05) is 24.3 Å². The quantitative estimate of drug-likeness (QED) is 0.750. The number of benzene rings is 2. The summed E-state index contributed by atoms with van der Waals surface area (Å²) in [7, 11) is 1.59. The van der Waals surface area contributed by atoms with Gasteiger partial charge in [0.1, 0.15) is 5.75 Å². The number of carbonyl (C=O) groups is 1. The van der Waals surface area contributed by atoms with E-state index in [1.165, 1.54) is 0 Å². The average molecular weight is 367 g/mol. The maximum absolute atomic E-state index is 12.1. The van der Waals surface area contributed by atoms with Crippen molar-refractivity contribution in [3.63, 3.8) is 0 Å². The number of halogens is 2. The number of aryl methyl sites for hydroxylation is 2. The van der Waals surface area contributed by atoms with Crippen LogP contribution in [0, 0.1) is 13.8 Å². The molecule has 0 radical (unpaired) electrons. The molecule has 0 bridgehead atoms. The van der Waals surface area contributed by atoms with Gasteiger partial charge in [0.25, 0.3) is 0 Å². The first-order valence-corrected chi connectivity index (χ1v) is 8.30. The van der Waals surface area contributed by atoms with Crippen LogP contribution in [0.3, 0.4) is 0 Å². The van der Waals surface area contributed by atoms with Gasteiger partial charge < -0.3 is 15.4 Å². The van der Waals surface area contributed by atoms with Gasteiger partial charge >= 0.3 is 0 Å². The Hall–Kier alpha value is -1.91. The molecule has 6 heteroatoms. The summed E-state index contributed by atoms with van der Waals surface area (Å²) in [6, 6.07) is 9.04. The fourth-order valence-corrected chi connectivity index (χ4v) is 2.64. The van der Waals surface area contributed by atoms with E-state index in [0.29, 0.717) is 28.8 Å². The second-order valence-electron chi connectivity index (χ2n) is 5.49. The van der Waals surface area contributed by atoms with E-state index in [-0.39, 0.29) is 5.91 Å². The van der Waals surface area contributed by atoms with E-state index in [1.807, 2.05) is 26.0 Å². The molecule has 128 valence electrons. The van der Waals surface area contributed by atoms with Gasteiger partial charge in [0.15, 0.2) is 0 Å². The van der Waals surface area contributed by atoms with Gasteiger partial charge in [0.2, 0.25) is 5.91 Å². The van der Waals surface area contributed by atoms with Crippen LogP contribution in [0.5, 0.6) is 5.75 Å². The van der Waals surface area contributed by atoms with Gasteiger partial charge in [0, 0.05) is 34.8 Å². The lowest BCUT2D eigenvalue weighted by atomic mass is 10.2. The zero-order valence-electron chi connectivity index (χ0n) is 13.9. The largest absolute Gasteiger partial charge is 0.495 e. The van der Waals surface area contributed by atoms with Crippen molar-refractivity contribution in [2.45, 2.75) is 20.3 Å². The third-order valence-corrected chi connectivity index (χ3v) is 4.25. The van der Waals surface area contributed by atoms with E-state index in [9.17, 15) is 4.79 Å². The van der Waals surface area contributed by atoms with Crippen molar-refractivity contribution in [2.24, 2.45) is 0 Å². The number of anilines is 2. The summed E-state index contributed by atoms with van der Waals surface area (Å²) < 4.78 is 5.30. The lowest BCUT2D eigenvalue weighted by Gasteiger charge is -2.13. The first-order valence-electron chi connectivity index (χ1n) is 7.54. The maximum atomic E-state index is 12.1. The van der Waals surface area contributed by atoms with Crippen molar-refractivity contribution in [3.05, 3.63) is 51.5 Å². The Morgan fingerprint density at radius 1 is 1.08 bits per heavy atom. The minimum Gasteiger partial charge on any atom is -0.495 e. The molecule has 0 aliphatic heterocycles. The Kier molecular flexibility index (Phi) is 6.35. The number of carbonyl (C=O) groups excluding carboxylic acids is 1. The lowest BCUT2D eigenvalue weighted by molar-refractivity contribution is -0.115. The van der Waals surface area contributed by atoms with Crippen molar-refractivity contribution >= 4 is 40.5 Å². The molecule has 0 fully saturated rings. The van der Waals surface area contributed by atoms with Gasteiger partial charge in [-0.1, -0.05) is 23.2 Å². The van der Waals surface area contributed by atoms with Crippen LogP contribution < -0.4 is 15.4 Å². The Bertz CT molecular complexity index is 748. The van der Waals surface area contributed by atoms with E-state index < -0.39 is 0 Å². The number of hydrogen-bond acceptors (Lipinski definition) is 3. The number of amides is 1. The van der Waals surface area contributed by atoms with E-state index in [0.717, 1.165) is 22.5 Å². The molecule has 2 aromatic carbocycles. The topological polar surface area (TPSA) is 50.4 Å². The van der Waals surface area contributed by atoms with E-state index in [1.54, 1.807) is 25.3 Å². The molecule has 4 nitrogen and oxygen atoms in total. The number of nitrogens with one attached hydrogen (secondary N) is 2. The second-order valence-corrected chi connectivity index (χ2v) is 6.33. The monoisotopic (exact) mass is 366 g/mol. The molecule has 1 amide bonds. The van der Waals surface area contributed by atoms with E-state index in [4.69, 9.17) is 27.9 Å². The Balaban J connectivity index is 1.92. The van der Waals surface area contributed by atoms with Crippen molar-refractivity contribution < 1.29 is 9.53 Å². The number of rotatable bonds is 6. The highest BCUT2D eigenvalue weighted by Gasteiger charge is 2.09. The van der Waals surface area contributed by atoms with Gasteiger partial charge in [-0.05, 0) is 49.2 Å². The standard InChI is InChI=1S/C18H20Cl2N2O2/c1-11-9-16(17(24-3)10-14(11)20)21-7-6-18(23)22-15-5-4-13(19)8-12(15)2/h4-5,8-10,21H,6-7H2,1-3H3,(H,22,23). The van der Waals surface area contributed by atoms with Crippen LogP contribution in [0.15, 0.2) is 30.3 Å². The molecule has 0 heterocycles. The molecule has 2 rings (SSSR count). The predicted octanol–water partition coefficient (Wildman–Crippen LogP) is 5.06. The SMILES string of the molecule is COc1cc(Cl)c(C)cc1NCCC(=O)Nc1ccc(Cl)cc1C. The summed E-state index contributed by atoms with van der Waals surface area (Å²) >= 11 is 12.0. The first-order chi connectivity index (χ1) is 11.4. The third-order valence-electron chi connectivity index (χ3n) is 3.61. The fraction of sp³-hybridized carbons (Fsp3) is 0.278. The summed E-state index contributed by atoms with van der Waals surface area (Å²) in [6.45, 7) is 4.31. The summed E-state index contributed by atoms with van der Waals surface area (Å²) in [5, 5.41) is 7.39. The predicted molar refractivity (Wildman–Crippen MR) is 101 cm³/mol. The van der Waals surface area contributed by atoms with Crippen LogP contribution in [-0.4, -0.2) is 19.6 Å². The van der Waals surface area contributed by atoms with Crippen LogP contribution in [0.4, 0.5) is 11.4 Å². The lowest BCUT2D eigenvalue weighted by Crippen LogP contribution is -2.17. The summed E-state index contributed by atoms with van der Waals surface area (Å²) in [5.41, 5.74) is 3.46. The molecule has 0 aliphatic carbocycles. The maximum Gasteiger partial charge on any atom is 0.226 e. The number of methoxy groups -OCH3 is 1. The molecule has 0 atom stereocenters. The highest BCUT2D eigenvalue weighted by atomic mass is 35.5. The minimum absolute atomic E-state index is 0.0717. The second kappa shape index (κ2) is 8.27. The van der Waals surface area contributed by atoms with Crippen LogP contribution in [-0.2, 0) is 4.79 Å². The molecule has 2 aromatic rings. The molecule has 0 unspecified atom stereocenters. The molecular formula is C18H20Cl2N2O2. The molecule has 0 aliphatic rings. The van der Waals surface area contributed by atoms with Crippen molar-refractivity contribution in [3.8, 4) is 5.75 Å². The Morgan fingerprint density at radius 3 is 2.50 bits per heavy atom. The van der Waals surface area contributed by atoms with E-state index >= 15 is 0 Å². The van der Waals surface area contributed by atoms with Crippen molar-refractivity contribution in [1.29, 1.82) is 0 Å². The van der Waals surface area contributed by atoms with Crippen LogP contribution in [0.1, 0.15) is 17.5 Å². The van der Waals surface area contributed by atoms with Crippen molar-refractivity contribution in [1.82, 2.24) is 0 Å². The minimum atomic E-state index is -0.0717. The van der Waals surface area contributed by atoms with Gasteiger partial charge in [0.05, 0.1) is 12.8 Å². The molecule has 2 N–H and O–H groups in total. The number of hydrogen-bond donors (Lipinski definition) is 2. The van der Waals surface area contributed by atoms with Crippen LogP contribution in [0.2, 0.25) is 10.0 Å².